The molecular formula is C18H33N3O3. The quantitative estimate of drug-likeness (QED) is 0.844. The van der Waals surface area contributed by atoms with Crippen LogP contribution >= 0.6 is 0 Å². The topological polar surface area (TPSA) is 69.7 Å². The van der Waals surface area contributed by atoms with Crippen LogP contribution in [0.15, 0.2) is 0 Å². The number of hydrogen-bond acceptors (Lipinski definition) is 3. The summed E-state index contributed by atoms with van der Waals surface area (Å²) in [4.78, 5) is 40.5. The SMILES string of the molecule is CNC(=O)C(C)CC(C)(C)C(=O)N1CCN(C(=O)C(C)(C)C)CC1. The molecule has 0 aliphatic carbocycles. The van der Waals surface area contributed by atoms with Gasteiger partial charge in [-0.15, -0.1) is 0 Å². The lowest BCUT2D eigenvalue weighted by atomic mass is 9.81. The smallest absolute Gasteiger partial charge is 0.228 e. The van der Waals surface area contributed by atoms with E-state index in [1.54, 1.807) is 7.05 Å². The van der Waals surface area contributed by atoms with Crippen molar-refractivity contribution in [3.63, 3.8) is 0 Å². The predicted octanol–water partition coefficient (Wildman–Crippen LogP) is 1.50. The molecular weight excluding hydrogens is 306 g/mol. The fourth-order valence-corrected chi connectivity index (χ4v) is 3.21. The number of amides is 3. The van der Waals surface area contributed by atoms with Crippen LogP contribution in [-0.4, -0.2) is 60.7 Å². The molecule has 3 amide bonds. The fraction of sp³-hybridized carbons (Fsp3) is 0.833. The number of hydrogen-bond donors (Lipinski definition) is 1. The lowest BCUT2D eigenvalue weighted by Gasteiger charge is -2.40. The largest absolute Gasteiger partial charge is 0.359 e. The Morgan fingerprint density at radius 2 is 1.33 bits per heavy atom. The highest BCUT2D eigenvalue weighted by molar-refractivity contribution is 5.85. The van der Waals surface area contributed by atoms with Crippen molar-refractivity contribution in [2.75, 3.05) is 33.2 Å². The summed E-state index contributed by atoms with van der Waals surface area (Å²) in [5.41, 5.74) is -0.990. The summed E-state index contributed by atoms with van der Waals surface area (Å²) in [6.07, 6.45) is 0.507. The Morgan fingerprint density at radius 1 is 0.917 bits per heavy atom. The number of piperazine rings is 1. The summed E-state index contributed by atoms with van der Waals surface area (Å²) in [6, 6.07) is 0. The minimum absolute atomic E-state index is 0.0449. The van der Waals surface area contributed by atoms with Crippen molar-refractivity contribution < 1.29 is 14.4 Å². The third-order valence-corrected chi connectivity index (χ3v) is 4.59. The van der Waals surface area contributed by atoms with Crippen LogP contribution in [0.1, 0.15) is 48.0 Å². The lowest BCUT2D eigenvalue weighted by Crippen LogP contribution is -2.55. The molecule has 1 N–H and O–H groups in total. The van der Waals surface area contributed by atoms with Gasteiger partial charge < -0.3 is 15.1 Å². The summed E-state index contributed by atoms with van der Waals surface area (Å²) in [5, 5.41) is 2.63. The van der Waals surface area contributed by atoms with Crippen molar-refractivity contribution in [1.82, 2.24) is 15.1 Å². The van der Waals surface area contributed by atoms with Crippen LogP contribution in [-0.2, 0) is 14.4 Å². The summed E-state index contributed by atoms with van der Waals surface area (Å²) >= 11 is 0. The maximum absolute atomic E-state index is 12.8. The Bertz CT molecular complexity index is 486. The highest BCUT2D eigenvalue weighted by Gasteiger charge is 2.37. The monoisotopic (exact) mass is 339 g/mol. The third kappa shape index (κ3) is 4.95. The van der Waals surface area contributed by atoms with E-state index in [-0.39, 0.29) is 23.6 Å². The minimum Gasteiger partial charge on any atom is -0.359 e. The van der Waals surface area contributed by atoms with Gasteiger partial charge in [-0.1, -0.05) is 41.5 Å². The number of carbonyl (C=O) groups is 3. The van der Waals surface area contributed by atoms with Crippen LogP contribution in [0.3, 0.4) is 0 Å². The molecule has 0 bridgehead atoms. The average molecular weight is 339 g/mol. The first-order valence-electron chi connectivity index (χ1n) is 8.70. The van der Waals surface area contributed by atoms with E-state index >= 15 is 0 Å². The lowest BCUT2D eigenvalue weighted by molar-refractivity contribution is -0.149. The van der Waals surface area contributed by atoms with Crippen molar-refractivity contribution in [3.05, 3.63) is 0 Å². The summed E-state index contributed by atoms with van der Waals surface area (Å²) in [5.74, 6) is -0.0719. The third-order valence-electron chi connectivity index (χ3n) is 4.59. The van der Waals surface area contributed by atoms with Gasteiger partial charge in [-0.2, -0.15) is 0 Å². The number of carbonyl (C=O) groups excluding carboxylic acids is 3. The van der Waals surface area contributed by atoms with E-state index in [1.165, 1.54) is 0 Å². The normalized spacial score (nSPS) is 17.5. The van der Waals surface area contributed by atoms with Crippen LogP contribution in [0.2, 0.25) is 0 Å². The van der Waals surface area contributed by atoms with Crippen molar-refractivity contribution >= 4 is 17.7 Å². The molecule has 0 aromatic heterocycles. The van der Waals surface area contributed by atoms with E-state index in [0.29, 0.717) is 32.6 Å². The first-order chi connectivity index (χ1) is 10.9. The summed E-state index contributed by atoms with van der Waals surface area (Å²) in [7, 11) is 1.61. The van der Waals surface area contributed by atoms with E-state index in [1.807, 2.05) is 51.3 Å². The van der Waals surface area contributed by atoms with Crippen LogP contribution in [0.4, 0.5) is 0 Å². The van der Waals surface area contributed by atoms with Gasteiger partial charge in [0.05, 0.1) is 0 Å². The van der Waals surface area contributed by atoms with Crippen molar-refractivity contribution in [2.45, 2.75) is 48.0 Å². The predicted molar refractivity (Wildman–Crippen MR) is 94.2 cm³/mol. The van der Waals surface area contributed by atoms with E-state index in [0.717, 1.165) is 0 Å². The van der Waals surface area contributed by atoms with Gasteiger partial charge in [0.1, 0.15) is 0 Å². The summed E-state index contributed by atoms with van der Waals surface area (Å²) < 4.78 is 0. The second-order valence-corrected chi connectivity index (χ2v) is 8.44. The highest BCUT2D eigenvalue weighted by atomic mass is 16.2. The average Bonchev–Trinajstić information content (AvgIpc) is 2.51. The first-order valence-corrected chi connectivity index (χ1v) is 8.70. The Balaban J connectivity index is 2.64. The van der Waals surface area contributed by atoms with Crippen molar-refractivity contribution in [2.24, 2.45) is 16.7 Å². The highest BCUT2D eigenvalue weighted by Crippen LogP contribution is 2.29. The van der Waals surface area contributed by atoms with Crippen LogP contribution in [0.25, 0.3) is 0 Å². The fourth-order valence-electron chi connectivity index (χ4n) is 3.21. The molecule has 24 heavy (non-hydrogen) atoms. The Morgan fingerprint density at radius 3 is 1.71 bits per heavy atom. The maximum atomic E-state index is 12.8. The molecule has 1 saturated heterocycles. The van der Waals surface area contributed by atoms with Gasteiger partial charge in [0, 0.05) is 50.0 Å². The molecule has 1 rings (SSSR count). The molecule has 1 atom stereocenters. The summed E-state index contributed by atoms with van der Waals surface area (Å²) in [6.45, 7) is 13.6. The van der Waals surface area contributed by atoms with Gasteiger partial charge in [-0.25, -0.2) is 0 Å². The number of nitrogens with one attached hydrogen (secondary N) is 1. The van der Waals surface area contributed by atoms with E-state index in [9.17, 15) is 14.4 Å². The minimum atomic E-state index is -0.595. The van der Waals surface area contributed by atoms with Gasteiger partial charge in [0.2, 0.25) is 17.7 Å². The van der Waals surface area contributed by atoms with Crippen LogP contribution < -0.4 is 5.32 Å². The number of nitrogens with zero attached hydrogens (tertiary/aromatic N) is 2. The molecule has 1 aliphatic heterocycles. The molecule has 138 valence electrons. The Kier molecular flexibility index (Phi) is 6.42. The second-order valence-electron chi connectivity index (χ2n) is 8.44. The van der Waals surface area contributed by atoms with Crippen molar-refractivity contribution in [1.29, 1.82) is 0 Å². The molecule has 0 radical (unpaired) electrons. The van der Waals surface area contributed by atoms with E-state index < -0.39 is 10.8 Å². The molecule has 1 unspecified atom stereocenters. The maximum Gasteiger partial charge on any atom is 0.228 e. The van der Waals surface area contributed by atoms with E-state index in [4.69, 9.17) is 0 Å². The first kappa shape index (κ1) is 20.5. The number of rotatable bonds is 4. The molecule has 0 spiro atoms. The zero-order valence-corrected chi connectivity index (χ0v) is 16.2. The molecule has 6 heteroatoms. The van der Waals surface area contributed by atoms with Crippen molar-refractivity contribution in [3.8, 4) is 0 Å². The molecule has 0 saturated carbocycles. The Hall–Kier alpha value is -1.59. The van der Waals surface area contributed by atoms with Crippen LogP contribution in [0.5, 0.6) is 0 Å². The molecule has 0 aromatic rings. The molecule has 6 nitrogen and oxygen atoms in total. The standard InChI is InChI=1S/C18H33N3O3/c1-13(14(22)19-7)12-18(5,6)16(24)21-10-8-20(9-11-21)15(23)17(2,3)4/h13H,8-12H2,1-7H3,(H,19,22). The molecule has 1 aliphatic rings. The zero-order chi connectivity index (χ0) is 18.7. The molecule has 1 fully saturated rings. The van der Waals surface area contributed by atoms with E-state index in [2.05, 4.69) is 5.32 Å². The van der Waals surface area contributed by atoms with Gasteiger partial charge in [0.15, 0.2) is 0 Å². The van der Waals surface area contributed by atoms with Gasteiger partial charge in [0.25, 0.3) is 0 Å². The van der Waals surface area contributed by atoms with Gasteiger partial charge in [-0.3, -0.25) is 14.4 Å². The molecule has 0 aromatic carbocycles. The Labute approximate surface area is 145 Å². The van der Waals surface area contributed by atoms with Gasteiger partial charge in [-0.05, 0) is 6.42 Å². The molecule has 1 heterocycles. The van der Waals surface area contributed by atoms with Crippen LogP contribution in [0, 0.1) is 16.7 Å². The zero-order valence-electron chi connectivity index (χ0n) is 16.2. The van der Waals surface area contributed by atoms with Gasteiger partial charge >= 0.3 is 0 Å². The second kappa shape index (κ2) is 7.53.